The van der Waals surface area contributed by atoms with Gasteiger partial charge in [-0.25, -0.2) is 0 Å². The van der Waals surface area contributed by atoms with Crippen LogP contribution in [0.3, 0.4) is 0 Å². The van der Waals surface area contributed by atoms with Crippen molar-refractivity contribution in [2.45, 2.75) is 52.1 Å². The molecule has 0 unspecified atom stereocenters. The number of rotatable bonds is 4. The van der Waals surface area contributed by atoms with Crippen LogP contribution in [0.15, 0.2) is 42.7 Å². The largest absolute Gasteiger partial charge is 0.348 e. The zero-order valence-electron chi connectivity index (χ0n) is 16.7. The van der Waals surface area contributed by atoms with Crippen LogP contribution in [0.4, 0.5) is 5.69 Å². The lowest BCUT2D eigenvalue weighted by molar-refractivity contribution is -0.117. The predicted octanol–water partition coefficient (Wildman–Crippen LogP) is 3.90. The van der Waals surface area contributed by atoms with Crippen molar-refractivity contribution in [1.29, 1.82) is 0 Å². The number of amides is 2. The van der Waals surface area contributed by atoms with Gasteiger partial charge in [0.25, 0.3) is 5.91 Å². The van der Waals surface area contributed by atoms with E-state index >= 15 is 0 Å². The summed E-state index contributed by atoms with van der Waals surface area (Å²) in [5.41, 5.74) is 3.66. The molecule has 4 rings (SSSR count). The first-order valence-corrected chi connectivity index (χ1v) is 10.1. The molecule has 5 nitrogen and oxygen atoms in total. The molecule has 3 atom stereocenters. The Hall–Kier alpha value is -2.69. The highest BCUT2D eigenvalue weighted by molar-refractivity contribution is 5.98. The first-order chi connectivity index (χ1) is 13.5. The molecule has 0 radical (unpaired) electrons. The van der Waals surface area contributed by atoms with Crippen LogP contribution in [0.1, 0.15) is 61.0 Å². The van der Waals surface area contributed by atoms with Gasteiger partial charge in [0.15, 0.2) is 0 Å². The molecule has 2 aromatic rings. The number of pyridine rings is 1. The molecule has 1 aliphatic heterocycles. The Labute approximate surface area is 166 Å². The summed E-state index contributed by atoms with van der Waals surface area (Å²) in [6, 6.07) is 9.81. The Morgan fingerprint density at radius 3 is 2.64 bits per heavy atom. The number of carbonyl (C=O) groups excluding carboxylic acids is 2. The van der Waals surface area contributed by atoms with Crippen molar-refractivity contribution in [1.82, 2.24) is 10.3 Å². The molecule has 1 aliphatic carbocycles. The van der Waals surface area contributed by atoms with Crippen LogP contribution in [0.2, 0.25) is 0 Å². The molecule has 2 heterocycles. The molecule has 28 heavy (non-hydrogen) atoms. The molecule has 1 aromatic carbocycles. The van der Waals surface area contributed by atoms with Crippen molar-refractivity contribution in [2.24, 2.45) is 11.8 Å². The lowest BCUT2D eigenvalue weighted by Crippen LogP contribution is -2.49. The van der Waals surface area contributed by atoms with Crippen molar-refractivity contribution >= 4 is 17.5 Å². The van der Waals surface area contributed by atoms with Gasteiger partial charge in [-0.3, -0.25) is 14.6 Å². The van der Waals surface area contributed by atoms with E-state index in [1.165, 1.54) is 12.8 Å². The lowest BCUT2D eigenvalue weighted by atomic mass is 9.76. The molecule has 5 heteroatoms. The normalized spacial score (nSPS) is 23.8. The first-order valence-electron chi connectivity index (χ1n) is 10.1. The molecular formula is C23H27N3O2. The molecular weight excluding hydrogens is 350 g/mol. The van der Waals surface area contributed by atoms with Gasteiger partial charge >= 0.3 is 0 Å². The highest BCUT2D eigenvalue weighted by atomic mass is 16.2. The molecule has 0 spiro atoms. The van der Waals surface area contributed by atoms with E-state index < -0.39 is 0 Å². The summed E-state index contributed by atoms with van der Waals surface area (Å²) in [5, 5.41) is 2.96. The molecule has 2 aliphatic rings. The number of benzene rings is 1. The number of hydrogen-bond donors (Lipinski definition) is 1. The molecule has 0 bridgehead atoms. The van der Waals surface area contributed by atoms with Crippen molar-refractivity contribution in [3.05, 3.63) is 59.4 Å². The average molecular weight is 377 g/mol. The average Bonchev–Trinajstić information content (AvgIpc) is 3.54. The van der Waals surface area contributed by atoms with Gasteiger partial charge < -0.3 is 10.2 Å². The van der Waals surface area contributed by atoms with E-state index in [0.29, 0.717) is 29.9 Å². The number of nitrogens with one attached hydrogen (secondary N) is 1. The number of anilines is 1. The van der Waals surface area contributed by atoms with Crippen molar-refractivity contribution in [2.75, 3.05) is 4.90 Å². The van der Waals surface area contributed by atoms with Crippen LogP contribution < -0.4 is 10.2 Å². The van der Waals surface area contributed by atoms with E-state index in [1.807, 2.05) is 35.2 Å². The van der Waals surface area contributed by atoms with Crippen molar-refractivity contribution in [3.63, 3.8) is 0 Å². The van der Waals surface area contributed by atoms with Gasteiger partial charge in [0, 0.05) is 43.2 Å². The lowest BCUT2D eigenvalue weighted by Gasteiger charge is -2.44. The predicted molar refractivity (Wildman–Crippen MR) is 109 cm³/mol. The summed E-state index contributed by atoms with van der Waals surface area (Å²) in [7, 11) is 0. The Balaban J connectivity index is 1.60. The summed E-state index contributed by atoms with van der Waals surface area (Å²) in [5.74, 6) is 1.27. The number of nitrogens with zero attached hydrogens (tertiary/aromatic N) is 2. The van der Waals surface area contributed by atoms with Crippen LogP contribution in [0.5, 0.6) is 0 Å². The third-order valence-electron chi connectivity index (χ3n) is 6.29. The minimum Gasteiger partial charge on any atom is -0.348 e. The Bertz CT molecular complexity index is 892. The van der Waals surface area contributed by atoms with E-state index in [9.17, 15) is 9.59 Å². The van der Waals surface area contributed by atoms with Gasteiger partial charge in [-0.05, 0) is 66.0 Å². The number of hydrogen-bond acceptors (Lipinski definition) is 3. The van der Waals surface area contributed by atoms with E-state index in [-0.39, 0.29) is 17.9 Å². The maximum absolute atomic E-state index is 12.7. The molecule has 1 fully saturated rings. The molecule has 2 amide bonds. The minimum absolute atomic E-state index is 0.0886. The fraction of sp³-hybridized carbons (Fsp3) is 0.435. The van der Waals surface area contributed by atoms with Gasteiger partial charge in [0.05, 0.1) is 0 Å². The molecule has 1 aromatic heterocycles. The standard InChI is InChI=1S/C23H27N3O2/c1-14-15(2)22(18-6-7-18)26(16(3)27)21-9-8-19(11-20(14)21)23(28)25-13-17-5-4-10-24-12-17/h4-5,8-12,14-15,18,22H,6-7,13H2,1-3H3,(H,25,28)/t14-,15-,22-/m1/s1. The molecule has 1 saturated carbocycles. The quantitative estimate of drug-likeness (QED) is 0.879. The van der Waals surface area contributed by atoms with Gasteiger partial charge in [-0.2, -0.15) is 0 Å². The highest BCUT2D eigenvalue weighted by Gasteiger charge is 2.46. The van der Waals surface area contributed by atoms with Crippen LogP contribution >= 0.6 is 0 Å². The van der Waals surface area contributed by atoms with Gasteiger partial charge in [0.2, 0.25) is 5.91 Å². The van der Waals surface area contributed by atoms with Gasteiger partial charge in [-0.1, -0.05) is 19.9 Å². The molecule has 146 valence electrons. The summed E-state index contributed by atoms with van der Waals surface area (Å²) in [6.45, 7) is 6.55. The second-order valence-electron chi connectivity index (χ2n) is 8.18. The Morgan fingerprint density at radius 1 is 1.21 bits per heavy atom. The van der Waals surface area contributed by atoms with Crippen molar-refractivity contribution < 1.29 is 9.59 Å². The van der Waals surface area contributed by atoms with E-state index in [4.69, 9.17) is 0 Å². The van der Waals surface area contributed by atoms with Crippen LogP contribution in [-0.2, 0) is 11.3 Å². The third kappa shape index (κ3) is 3.41. The second kappa shape index (κ2) is 7.38. The summed E-state index contributed by atoms with van der Waals surface area (Å²) >= 11 is 0. The molecule has 1 N–H and O–H groups in total. The number of aromatic nitrogens is 1. The molecule has 0 saturated heterocycles. The zero-order valence-corrected chi connectivity index (χ0v) is 16.7. The van der Waals surface area contributed by atoms with Crippen LogP contribution in [-0.4, -0.2) is 22.8 Å². The first kappa shape index (κ1) is 18.7. The smallest absolute Gasteiger partial charge is 0.251 e. The van der Waals surface area contributed by atoms with E-state index in [2.05, 4.69) is 24.1 Å². The maximum atomic E-state index is 12.7. The van der Waals surface area contributed by atoms with Crippen LogP contribution in [0, 0.1) is 11.8 Å². The SMILES string of the molecule is CC(=O)N1c2ccc(C(=O)NCc3cccnc3)cc2[C@H](C)[C@@H](C)[C@@H]1C1CC1. The highest BCUT2D eigenvalue weighted by Crippen LogP contribution is 2.49. The second-order valence-corrected chi connectivity index (χ2v) is 8.18. The fourth-order valence-electron chi connectivity index (χ4n) is 4.50. The summed E-state index contributed by atoms with van der Waals surface area (Å²) in [4.78, 5) is 31.2. The zero-order chi connectivity index (χ0) is 19.8. The monoisotopic (exact) mass is 377 g/mol. The summed E-state index contributed by atoms with van der Waals surface area (Å²) < 4.78 is 0. The van der Waals surface area contributed by atoms with E-state index in [0.717, 1.165) is 16.8 Å². The Morgan fingerprint density at radius 2 is 2.00 bits per heavy atom. The van der Waals surface area contributed by atoms with Gasteiger partial charge in [-0.15, -0.1) is 0 Å². The number of carbonyl (C=O) groups is 2. The topological polar surface area (TPSA) is 62.3 Å². The third-order valence-corrected chi connectivity index (χ3v) is 6.29. The maximum Gasteiger partial charge on any atom is 0.251 e. The minimum atomic E-state index is -0.106. The Kier molecular flexibility index (Phi) is 4.92. The van der Waals surface area contributed by atoms with E-state index in [1.54, 1.807) is 19.3 Å². The van der Waals surface area contributed by atoms with Gasteiger partial charge in [0.1, 0.15) is 0 Å². The van der Waals surface area contributed by atoms with Crippen molar-refractivity contribution in [3.8, 4) is 0 Å². The number of fused-ring (bicyclic) bond motifs is 1. The van der Waals surface area contributed by atoms with Crippen LogP contribution in [0.25, 0.3) is 0 Å². The fourth-order valence-corrected chi connectivity index (χ4v) is 4.50. The summed E-state index contributed by atoms with van der Waals surface area (Å²) in [6.07, 6.45) is 5.87.